The topological polar surface area (TPSA) is 106 Å². The average molecular weight is 277 g/mol. The Morgan fingerprint density at radius 3 is 3.00 bits per heavy atom. The Labute approximate surface area is 115 Å². The highest BCUT2D eigenvalue weighted by molar-refractivity contribution is 5.93. The standard InChI is InChI=1S/C12H15N5O3/c1-2-3-16-7-10(17(19)20)4-11(16)12(18)14-6-9-5-13-8-15-9/h4-5,7-8H,2-3,6H2,1H3,(H,13,15)(H,14,18). The number of carbonyl (C=O) groups is 1. The van der Waals surface area contributed by atoms with Crippen LogP contribution in [-0.4, -0.2) is 25.4 Å². The quantitative estimate of drug-likeness (QED) is 0.615. The van der Waals surface area contributed by atoms with Crippen molar-refractivity contribution in [1.29, 1.82) is 0 Å². The summed E-state index contributed by atoms with van der Waals surface area (Å²) in [6.07, 6.45) is 5.29. The summed E-state index contributed by atoms with van der Waals surface area (Å²) in [5.41, 5.74) is 0.977. The first-order chi connectivity index (χ1) is 9.61. The van der Waals surface area contributed by atoms with Crippen LogP contribution in [0.15, 0.2) is 24.8 Å². The van der Waals surface area contributed by atoms with Crippen LogP contribution < -0.4 is 5.32 Å². The minimum atomic E-state index is -0.502. The van der Waals surface area contributed by atoms with Gasteiger partial charge >= 0.3 is 0 Å². The van der Waals surface area contributed by atoms with Crippen LogP contribution in [0.2, 0.25) is 0 Å². The van der Waals surface area contributed by atoms with Gasteiger partial charge in [-0.15, -0.1) is 0 Å². The van der Waals surface area contributed by atoms with E-state index in [0.717, 1.165) is 12.1 Å². The van der Waals surface area contributed by atoms with Gasteiger partial charge in [-0.05, 0) is 6.42 Å². The second-order valence-electron chi connectivity index (χ2n) is 4.29. The number of nitro groups is 1. The summed E-state index contributed by atoms with van der Waals surface area (Å²) < 4.78 is 1.60. The van der Waals surface area contributed by atoms with Crippen LogP contribution in [-0.2, 0) is 13.1 Å². The minimum Gasteiger partial charge on any atom is -0.347 e. The van der Waals surface area contributed by atoms with Crippen molar-refractivity contribution in [3.05, 3.63) is 46.3 Å². The molecule has 0 radical (unpaired) electrons. The average Bonchev–Trinajstić information content (AvgIpc) is 3.05. The molecule has 2 aromatic heterocycles. The second kappa shape index (κ2) is 6.00. The van der Waals surface area contributed by atoms with E-state index < -0.39 is 4.92 Å². The number of nitrogens with zero attached hydrogens (tertiary/aromatic N) is 3. The van der Waals surface area contributed by atoms with Gasteiger partial charge in [-0.1, -0.05) is 6.92 Å². The third kappa shape index (κ3) is 3.02. The zero-order valence-electron chi connectivity index (χ0n) is 11.0. The first-order valence-electron chi connectivity index (χ1n) is 6.21. The molecule has 8 heteroatoms. The van der Waals surface area contributed by atoms with E-state index in [1.54, 1.807) is 10.8 Å². The summed E-state index contributed by atoms with van der Waals surface area (Å²) in [5, 5.41) is 13.5. The number of amides is 1. The molecule has 0 spiro atoms. The highest BCUT2D eigenvalue weighted by Gasteiger charge is 2.18. The zero-order valence-corrected chi connectivity index (χ0v) is 11.0. The van der Waals surface area contributed by atoms with Gasteiger partial charge in [0.05, 0.1) is 29.7 Å². The van der Waals surface area contributed by atoms with Gasteiger partial charge in [-0.3, -0.25) is 14.9 Å². The van der Waals surface area contributed by atoms with Gasteiger partial charge in [0.15, 0.2) is 0 Å². The molecule has 0 fully saturated rings. The predicted molar refractivity (Wildman–Crippen MR) is 71.1 cm³/mol. The Bertz CT molecular complexity index is 603. The predicted octanol–water partition coefficient (Wildman–Crippen LogP) is 1.46. The molecular formula is C12H15N5O3. The smallest absolute Gasteiger partial charge is 0.287 e. The van der Waals surface area contributed by atoms with E-state index in [2.05, 4.69) is 15.3 Å². The fourth-order valence-corrected chi connectivity index (χ4v) is 1.86. The number of hydrogen-bond donors (Lipinski definition) is 2. The molecule has 2 heterocycles. The minimum absolute atomic E-state index is 0.0786. The molecule has 0 atom stereocenters. The molecule has 0 aliphatic carbocycles. The summed E-state index contributed by atoms with van der Waals surface area (Å²) in [6, 6.07) is 1.29. The van der Waals surface area contributed by atoms with Crippen LogP contribution in [0, 0.1) is 10.1 Å². The van der Waals surface area contributed by atoms with Gasteiger partial charge in [0.1, 0.15) is 5.69 Å². The highest BCUT2D eigenvalue weighted by atomic mass is 16.6. The van der Waals surface area contributed by atoms with Crippen molar-refractivity contribution in [2.45, 2.75) is 26.4 Å². The molecule has 1 amide bonds. The first-order valence-corrected chi connectivity index (χ1v) is 6.21. The maximum Gasteiger partial charge on any atom is 0.287 e. The molecule has 106 valence electrons. The lowest BCUT2D eigenvalue weighted by Crippen LogP contribution is -2.25. The maximum absolute atomic E-state index is 12.1. The number of aryl methyl sites for hydroxylation is 1. The molecule has 0 bridgehead atoms. The van der Waals surface area contributed by atoms with Crippen molar-refractivity contribution in [2.24, 2.45) is 0 Å². The Balaban J connectivity index is 2.13. The number of rotatable bonds is 6. The van der Waals surface area contributed by atoms with Crippen molar-refractivity contribution >= 4 is 11.6 Å². The number of imidazole rings is 1. The van der Waals surface area contributed by atoms with Crippen LogP contribution >= 0.6 is 0 Å². The van der Waals surface area contributed by atoms with Crippen molar-refractivity contribution in [3.8, 4) is 0 Å². The Morgan fingerprint density at radius 1 is 1.60 bits per heavy atom. The summed E-state index contributed by atoms with van der Waals surface area (Å²) in [5.74, 6) is -0.346. The van der Waals surface area contributed by atoms with Crippen LogP contribution in [0.1, 0.15) is 29.5 Å². The van der Waals surface area contributed by atoms with E-state index in [0.29, 0.717) is 13.1 Å². The molecule has 0 aliphatic rings. The number of nitrogens with one attached hydrogen (secondary N) is 2. The second-order valence-corrected chi connectivity index (χ2v) is 4.29. The fourth-order valence-electron chi connectivity index (χ4n) is 1.86. The van der Waals surface area contributed by atoms with Crippen LogP contribution in [0.3, 0.4) is 0 Å². The fraction of sp³-hybridized carbons (Fsp3) is 0.333. The molecule has 0 aromatic carbocycles. The molecule has 8 nitrogen and oxygen atoms in total. The summed E-state index contributed by atoms with van der Waals surface area (Å²) in [7, 11) is 0. The van der Waals surface area contributed by atoms with Gasteiger partial charge in [-0.25, -0.2) is 4.98 Å². The van der Waals surface area contributed by atoms with Crippen LogP contribution in [0.4, 0.5) is 5.69 Å². The molecular weight excluding hydrogens is 262 g/mol. The number of aromatic amines is 1. The van der Waals surface area contributed by atoms with Gasteiger partial charge in [0.25, 0.3) is 11.6 Å². The Kier molecular flexibility index (Phi) is 4.14. The van der Waals surface area contributed by atoms with Crippen molar-refractivity contribution in [2.75, 3.05) is 0 Å². The lowest BCUT2D eigenvalue weighted by molar-refractivity contribution is -0.384. The summed E-state index contributed by atoms with van der Waals surface area (Å²) in [6.45, 7) is 2.79. The number of carbonyl (C=O) groups excluding carboxylic acids is 1. The SMILES string of the molecule is CCCn1cc([N+](=O)[O-])cc1C(=O)NCc1cnc[nH]1. The molecule has 0 saturated carbocycles. The van der Waals surface area contributed by atoms with E-state index in [4.69, 9.17) is 0 Å². The van der Waals surface area contributed by atoms with Crippen molar-refractivity contribution in [1.82, 2.24) is 19.9 Å². The lowest BCUT2D eigenvalue weighted by Gasteiger charge is -2.07. The Morgan fingerprint density at radius 2 is 2.40 bits per heavy atom. The van der Waals surface area contributed by atoms with Gasteiger partial charge in [0.2, 0.25) is 0 Å². The van der Waals surface area contributed by atoms with Crippen LogP contribution in [0.5, 0.6) is 0 Å². The van der Waals surface area contributed by atoms with E-state index >= 15 is 0 Å². The molecule has 2 N–H and O–H groups in total. The van der Waals surface area contributed by atoms with Gasteiger partial charge in [-0.2, -0.15) is 0 Å². The zero-order chi connectivity index (χ0) is 14.5. The van der Waals surface area contributed by atoms with Crippen molar-refractivity contribution < 1.29 is 9.72 Å². The molecule has 2 rings (SSSR count). The summed E-state index contributed by atoms with van der Waals surface area (Å²) in [4.78, 5) is 29.1. The van der Waals surface area contributed by atoms with E-state index in [1.807, 2.05) is 6.92 Å². The largest absolute Gasteiger partial charge is 0.347 e. The lowest BCUT2D eigenvalue weighted by atomic mass is 10.3. The van der Waals surface area contributed by atoms with Crippen molar-refractivity contribution in [3.63, 3.8) is 0 Å². The summed E-state index contributed by atoms with van der Waals surface area (Å²) >= 11 is 0. The highest BCUT2D eigenvalue weighted by Crippen LogP contribution is 2.17. The normalized spacial score (nSPS) is 10.4. The van der Waals surface area contributed by atoms with Gasteiger partial charge < -0.3 is 14.9 Å². The van der Waals surface area contributed by atoms with E-state index in [9.17, 15) is 14.9 Å². The Hall–Kier alpha value is -2.64. The van der Waals surface area contributed by atoms with Crippen LogP contribution in [0.25, 0.3) is 0 Å². The third-order valence-corrected chi connectivity index (χ3v) is 2.78. The number of aromatic nitrogens is 3. The number of hydrogen-bond acceptors (Lipinski definition) is 4. The molecule has 20 heavy (non-hydrogen) atoms. The molecule has 0 unspecified atom stereocenters. The molecule has 0 aliphatic heterocycles. The van der Waals surface area contributed by atoms with Gasteiger partial charge in [0, 0.05) is 18.8 Å². The third-order valence-electron chi connectivity index (χ3n) is 2.78. The molecule has 2 aromatic rings. The molecule has 0 saturated heterocycles. The maximum atomic E-state index is 12.1. The van der Waals surface area contributed by atoms with E-state index in [-0.39, 0.29) is 17.3 Å². The monoisotopic (exact) mass is 277 g/mol. The number of H-pyrrole nitrogens is 1. The van der Waals surface area contributed by atoms with E-state index in [1.165, 1.54) is 18.6 Å². The first kappa shape index (κ1) is 13.8.